The van der Waals surface area contributed by atoms with Crippen LogP contribution in [0, 0.1) is 16.0 Å². The van der Waals surface area contributed by atoms with Crippen molar-refractivity contribution in [3.8, 4) is 0 Å². The highest BCUT2D eigenvalue weighted by atomic mass is 35.5. The van der Waals surface area contributed by atoms with E-state index >= 15 is 0 Å². The number of rotatable bonds is 5. The molecule has 1 aromatic heterocycles. The van der Waals surface area contributed by atoms with Gasteiger partial charge in [-0.3, -0.25) is 14.9 Å². The number of anilines is 1. The van der Waals surface area contributed by atoms with E-state index in [0.717, 1.165) is 6.42 Å². The monoisotopic (exact) mass is 299 g/mol. The number of nitro groups is 1. The molecule has 1 atom stereocenters. The number of hydrogen-bond acceptors (Lipinski definition) is 5. The summed E-state index contributed by atoms with van der Waals surface area (Å²) in [5.41, 5.74) is -0.114. The van der Waals surface area contributed by atoms with Gasteiger partial charge in [-0.2, -0.15) is 0 Å². The Morgan fingerprint density at radius 1 is 1.65 bits per heavy atom. The molecule has 1 N–H and O–H groups in total. The Hall–Kier alpha value is -1.89. The van der Waals surface area contributed by atoms with Crippen LogP contribution in [0.1, 0.15) is 19.3 Å². The van der Waals surface area contributed by atoms with Crippen molar-refractivity contribution in [2.24, 2.45) is 5.92 Å². The molecule has 2 heterocycles. The van der Waals surface area contributed by atoms with Crippen molar-refractivity contribution in [2.75, 3.05) is 18.0 Å². The minimum atomic E-state index is -0.820. The molecule has 1 aliphatic heterocycles. The molecule has 0 saturated carbocycles. The molecule has 20 heavy (non-hydrogen) atoms. The van der Waals surface area contributed by atoms with E-state index in [4.69, 9.17) is 16.7 Å². The first-order valence-electron chi connectivity index (χ1n) is 6.24. The third kappa shape index (κ3) is 3.36. The lowest BCUT2D eigenvalue weighted by Crippen LogP contribution is -2.22. The molecule has 7 nitrogen and oxygen atoms in total. The molecule has 0 bridgehead atoms. The highest BCUT2D eigenvalue weighted by Gasteiger charge is 2.29. The van der Waals surface area contributed by atoms with Crippen molar-refractivity contribution in [3.63, 3.8) is 0 Å². The summed E-state index contributed by atoms with van der Waals surface area (Å²) in [6.45, 7) is 1.22. The van der Waals surface area contributed by atoms with E-state index < -0.39 is 10.9 Å². The van der Waals surface area contributed by atoms with Crippen LogP contribution in [0.5, 0.6) is 0 Å². The van der Waals surface area contributed by atoms with Crippen LogP contribution in [0.3, 0.4) is 0 Å². The van der Waals surface area contributed by atoms with Crippen LogP contribution in [0.25, 0.3) is 0 Å². The Kier molecular flexibility index (Phi) is 4.39. The Labute approximate surface area is 120 Å². The SMILES string of the molecule is O=C(O)CCC1CCN(c2ncc(Cl)cc2[N+](=O)[O-])C1. The van der Waals surface area contributed by atoms with Gasteiger partial charge in [0.15, 0.2) is 0 Å². The maximum Gasteiger partial charge on any atom is 0.313 e. The largest absolute Gasteiger partial charge is 0.481 e. The van der Waals surface area contributed by atoms with E-state index in [0.29, 0.717) is 25.3 Å². The number of halogens is 1. The number of aliphatic carboxylic acids is 1. The third-order valence-corrected chi connectivity index (χ3v) is 3.57. The molecule has 8 heteroatoms. The molecule has 0 radical (unpaired) electrons. The summed E-state index contributed by atoms with van der Waals surface area (Å²) < 4.78 is 0. The number of carbonyl (C=O) groups is 1. The average Bonchev–Trinajstić information content (AvgIpc) is 2.84. The minimum Gasteiger partial charge on any atom is -0.481 e. The Bertz CT molecular complexity index is 537. The van der Waals surface area contributed by atoms with Gasteiger partial charge in [-0.15, -0.1) is 0 Å². The van der Waals surface area contributed by atoms with E-state index in [1.54, 1.807) is 0 Å². The summed E-state index contributed by atoms with van der Waals surface area (Å²) in [6.07, 6.45) is 2.89. The first-order chi connectivity index (χ1) is 9.47. The predicted octanol–water partition coefficient (Wildman–Crippen LogP) is 2.33. The molecule has 1 saturated heterocycles. The van der Waals surface area contributed by atoms with Gasteiger partial charge >= 0.3 is 11.7 Å². The summed E-state index contributed by atoms with van der Waals surface area (Å²) in [4.78, 5) is 27.0. The molecule has 0 aromatic carbocycles. The predicted molar refractivity (Wildman–Crippen MR) is 73.1 cm³/mol. The van der Waals surface area contributed by atoms with Crippen molar-refractivity contribution in [2.45, 2.75) is 19.3 Å². The molecule has 0 spiro atoms. The van der Waals surface area contributed by atoms with Gasteiger partial charge in [0, 0.05) is 31.8 Å². The van der Waals surface area contributed by atoms with Crippen molar-refractivity contribution < 1.29 is 14.8 Å². The molecule has 1 unspecified atom stereocenters. The molecule has 0 amide bonds. The van der Waals surface area contributed by atoms with Gasteiger partial charge < -0.3 is 10.0 Å². The minimum absolute atomic E-state index is 0.114. The van der Waals surface area contributed by atoms with Crippen molar-refractivity contribution in [1.82, 2.24) is 4.98 Å². The smallest absolute Gasteiger partial charge is 0.313 e. The molecule has 0 aliphatic carbocycles. The van der Waals surface area contributed by atoms with Crippen LogP contribution in [0.15, 0.2) is 12.3 Å². The Balaban J connectivity index is 2.10. The van der Waals surface area contributed by atoms with Gasteiger partial charge in [-0.25, -0.2) is 4.98 Å². The van der Waals surface area contributed by atoms with Gasteiger partial charge in [0.05, 0.1) is 9.95 Å². The van der Waals surface area contributed by atoms with E-state index in [1.807, 2.05) is 4.90 Å². The summed E-state index contributed by atoms with van der Waals surface area (Å²) >= 11 is 5.73. The highest BCUT2D eigenvalue weighted by Crippen LogP contribution is 2.32. The number of pyridine rings is 1. The van der Waals surface area contributed by atoms with E-state index in [9.17, 15) is 14.9 Å². The normalized spacial score (nSPS) is 18.2. The molecular weight excluding hydrogens is 286 g/mol. The summed E-state index contributed by atoms with van der Waals surface area (Å²) in [6, 6.07) is 1.29. The molecular formula is C12H14ClN3O4. The first kappa shape index (κ1) is 14.5. The molecule has 1 aromatic rings. The molecule has 1 aliphatic rings. The summed E-state index contributed by atoms with van der Waals surface area (Å²) in [5, 5.41) is 19.9. The maximum atomic E-state index is 11.0. The number of aromatic nitrogens is 1. The zero-order chi connectivity index (χ0) is 14.7. The Morgan fingerprint density at radius 2 is 2.40 bits per heavy atom. The summed E-state index contributed by atoms with van der Waals surface area (Å²) in [7, 11) is 0. The number of carboxylic acid groups (broad SMARTS) is 1. The fourth-order valence-corrected chi connectivity index (χ4v) is 2.54. The third-order valence-electron chi connectivity index (χ3n) is 3.36. The molecule has 2 rings (SSSR count). The fourth-order valence-electron chi connectivity index (χ4n) is 2.39. The standard InChI is InChI=1S/C12H14ClN3O4/c13-9-5-10(16(19)20)12(14-6-9)15-4-3-8(7-15)1-2-11(17)18/h5-6,8H,1-4,7H2,(H,17,18). The number of hydrogen-bond donors (Lipinski definition) is 1. The number of nitrogens with zero attached hydrogens (tertiary/aromatic N) is 3. The topological polar surface area (TPSA) is 96.6 Å². The van der Waals surface area contributed by atoms with Gasteiger partial charge in [0.1, 0.15) is 0 Å². The molecule has 108 valence electrons. The van der Waals surface area contributed by atoms with Crippen LogP contribution in [-0.4, -0.2) is 34.1 Å². The lowest BCUT2D eigenvalue weighted by molar-refractivity contribution is -0.384. The average molecular weight is 300 g/mol. The lowest BCUT2D eigenvalue weighted by atomic mass is 10.0. The van der Waals surface area contributed by atoms with Gasteiger partial charge in [0.25, 0.3) is 0 Å². The Morgan fingerprint density at radius 3 is 3.05 bits per heavy atom. The van der Waals surface area contributed by atoms with E-state index in [-0.39, 0.29) is 23.0 Å². The lowest BCUT2D eigenvalue weighted by Gasteiger charge is -2.17. The van der Waals surface area contributed by atoms with Crippen LogP contribution < -0.4 is 4.90 Å². The first-order valence-corrected chi connectivity index (χ1v) is 6.62. The maximum absolute atomic E-state index is 11.0. The van der Waals surface area contributed by atoms with E-state index in [1.165, 1.54) is 12.3 Å². The zero-order valence-electron chi connectivity index (χ0n) is 10.7. The van der Waals surface area contributed by atoms with Crippen LogP contribution in [0.4, 0.5) is 11.5 Å². The summed E-state index contributed by atoms with van der Waals surface area (Å²) in [5.74, 6) is -0.292. The van der Waals surface area contributed by atoms with Crippen molar-refractivity contribution in [3.05, 3.63) is 27.4 Å². The van der Waals surface area contributed by atoms with Crippen LogP contribution in [0.2, 0.25) is 5.02 Å². The highest BCUT2D eigenvalue weighted by molar-refractivity contribution is 6.30. The van der Waals surface area contributed by atoms with Crippen molar-refractivity contribution in [1.29, 1.82) is 0 Å². The second-order valence-corrected chi connectivity index (χ2v) is 5.22. The van der Waals surface area contributed by atoms with Gasteiger partial charge in [0.2, 0.25) is 5.82 Å². The van der Waals surface area contributed by atoms with Gasteiger partial charge in [-0.05, 0) is 18.8 Å². The molecule has 1 fully saturated rings. The van der Waals surface area contributed by atoms with Crippen molar-refractivity contribution >= 4 is 29.1 Å². The number of carboxylic acids is 1. The van der Waals surface area contributed by atoms with Crippen LogP contribution >= 0.6 is 11.6 Å². The quantitative estimate of drug-likeness (QED) is 0.662. The van der Waals surface area contributed by atoms with Crippen LogP contribution in [-0.2, 0) is 4.79 Å². The van der Waals surface area contributed by atoms with E-state index in [2.05, 4.69) is 4.98 Å². The zero-order valence-corrected chi connectivity index (χ0v) is 11.4. The second kappa shape index (κ2) is 6.04. The van der Waals surface area contributed by atoms with Gasteiger partial charge in [-0.1, -0.05) is 11.6 Å². The second-order valence-electron chi connectivity index (χ2n) is 4.79. The fraction of sp³-hybridized carbons (Fsp3) is 0.500.